The predicted octanol–water partition coefficient (Wildman–Crippen LogP) is 1.65. The standard InChI is InChI=1S/C20H29N3O4.C2HF3O2/c1-13(2)17(21)19(25)23-10-8-15(9-11-23)18(24)22-16(20(26)27)12-14-6-4-3-5-7-14;3-2(4,5)1(6)7/h3-7,13,15-17H,8-12,21H2,1-2H3,(H,22,24)(H,26,27);(H,6,7)/t16-,17-;/m0./s1. The molecule has 0 bridgehead atoms. The summed E-state index contributed by atoms with van der Waals surface area (Å²) >= 11 is 0. The van der Waals surface area contributed by atoms with Gasteiger partial charge in [0.25, 0.3) is 0 Å². The molecule has 0 radical (unpaired) electrons. The molecule has 5 N–H and O–H groups in total. The molecule has 1 aliphatic heterocycles. The fourth-order valence-corrected chi connectivity index (χ4v) is 3.20. The number of nitrogens with zero attached hydrogens (tertiary/aromatic N) is 1. The van der Waals surface area contributed by atoms with Crippen molar-refractivity contribution in [1.82, 2.24) is 10.2 Å². The van der Waals surface area contributed by atoms with Crippen molar-refractivity contribution in [2.45, 2.75) is 51.4 Å². The molecule has 0 spiro atoms. The number of likely N-dealkylation sites (tertiary alicyclic amines) is 1. The first-order chi connectivity index (χ1) is 15.7. The van der Waals surface area contributed by atoms with E-state index in [-0.39, 0.29) is 30.1 Å². The van der Waals surface area contributed by atoms with E-state index < -0.39 is 30.2 Å². The molecule has 1 aromatic carbocycles. The molecule has 190 valence electrons. The molecule has 0 unspecified atom stereocenters. The van der Waals surface area contributed by atoms with Gasteiger partial charge >= 0.3 is 18.1 Å². The van der Waals surface area contributed by atoms with E-state index in [0.717, 1.165) is 5.56 Å². The van der Waals surface area contributed by atoms with E-state index in [9.17, 15) is 32.7 Å². The van der Waals surface area contributed by atoms with Crippen molar-refractivity contribution in [2.75, 3.05) is 13.1 Å². The molecular weight excluding hydrogens is 459 g/mol. The van der Waals surface area contributed by atoms with Gasteiger partial charge in [0.1, 0.15) is 6.04 Å². The molecule has 1 heterocycles. The van der Waals surface area contributed by atoms with Gasteiger partial charge in [0.2, 0.25) is 11.8 Å². The lowest BCUT2D eigenvalue weighted by Gasteiger charge is -2.34. The number of benzene rings is 1. The molecule has 1 saturated heterocycles. The number of carboxylic acid groups (broad SMARTS) is 2. The smallest absolute Gasteiger partial charge is 0.480 e. The lowest BCUT2D eigenvalue weighted by molar-refractivity contribution is -0.192. The Hall–Kier alpha value is -3.15. The molecule has 0 aromatic heterocycles. The zero-order valence-electron chi connectivity index (χ0n) is 18.9. The van der Waals surface area contributed by atoms with Crippen LogP contribution in [0.15, 0.2) is 30.3 Å². The summed E-state index contributed by atoms with van der Waals surface area (Å²) in [7, 11) is 0. The second kappa shape index (κ2) is 12.9. The first-order valence-corrected chi connectivity index (χ1v) is 10.7. The maximum absolute atomic E-state index is 12.5. The zero-order valence-corrected chi connectivity index (χ0v) is 18.9. The number of hydrogen-bond acceptors (Lipinski definition) is 5. The number of amides is 2. The van der Waals surface area contributed by atoms with E-state index >= 15 is 0 Å². The second-order valence-electron chi connectivity index (χ2n) is 8.26. The predicted molar refractivity (Wildman–Crippen MR) is 116 cm³/mol. The molecular formula is C22H30F3N3O6. The van der Waals surface area contributed by atoms with Crippen LogP contribution in [0.4, 0.5) is 13.2 Å². The van der Waals surface area contributed by atoms with Crippen molar-refractivity contribution in [3.8, 4) is 0 Å². The summed E-state index contributed by atoms with van der Waals surface area (Å²) in [6, 6.07) is 7.72. The Kier molecular flexibility index (Phi) is 11.0. The summed E-state index contributed by atoms with van der Waals surface area (Å²) in [6.45, 7) is 4.74. The Morgan fingerprint density at radius 3 is 2.00 bits per heavy atom. The highest BCUT2D eigenvalue weighted by molar-refractivity contribution is 5.86. The Balaban J connectivity index is 0.000000718. The normalized spacial score (nSPS) is 16.1. The van der Waals surface area contributed by atoms with Gasteiger partial charge < -0.3 is 26.2 Å². The summed E-state index contributed by atoms with van der Waals surface area (Å²) in [5.41, 5.74) is 6.78. The third-order valence-electron chi connectivity index (χ3n) is 5.32. The molecule has 1 aromatic rings. The van der Waals surface area contributed by atoms with Crippen LogP contribution in [0.5, 0.6) is 0 Å². The van der Waals surface area contributed by atoms with E-state index in [1.807, 2.05) is 44.2 Å². The number of nitrogens with two attached hydrogens (primary N) is 1. The average molecular weight is 489 g/mol. The summed E-state index contributed by atoms with van der Waals surface area (Å²) in [4.78, 5) is 46.9. The van der Waals surface area contributed by atoms with E-state index in [1.54, 1.807) is 4.90 Å². The molecule has 1 fully saturated rings. The zero-order chi connectivity index (χ0) is 26.1. The fourth-order valence-electron chi connectivity index (χ4n) is 3.20. The Morgan fingerprint density at radius 1 is 1.09 bits per heavy atom. The molecule has 34 heavy (non-hydrogen) atoms. The minimum atomic E-state index is -5.08. The average Bonchev–Trinajstić information content (AvgIpc) is 2.78. The van der Waals surface area contributed by atoms with Crippen LogP contribution in [-0.4, -0.2) is 70.2 Å². The quantitative estimate of drug-likeness (QED) is 0.455. The van der Waals surface area contributed by atoms with Gasteiger partial charge in [-0.15, -0.1) is 0 Å². The van der Waals surface area contributed by atoms with Crippen molar-refractivity contribution in [1.29, 1.82) is 0 Å². The van der Waals surface area contributed by atoms with Crippen molar-refractivity contribution in [3.63, 3.8) is 0 Å². The number of rotatable bonds is 7. The molecule has 2 atom stereocenters. The Labute approximate surface area is 195 Å². The minimum Gasteiger partial charge on any atom is -0.480 e. The number of alkyl halides is 3. The van der Waals surface area contributed by atoms with Gasteiger partial charge in [-0.25, -0.2) is 9.59 Å². The number of carboxylic acids is 2. The minimum absolute atomic E-state index is 0.0628. The topological polar surface area (TPSA) is 150 Å². The molecule has 2 rings (SSSR count). The van der Waals surface area contributed by atoms with Crippen LogP contribution in [0, 0.1) is 11.8 Å². The number of carbonyl (C=O) groups excluding carboxylic acids is 2. The second-order valence-corrected chi connectivity index (χ2v) is 8.26. The number of hydrogen-bond donors (Lipinski definition) is 4. The van der Waals surface area contributed by atoms with Gasteiger partial charge in [0.15, 0.2) is 0 Å². The highest BCUT2D eigenvalue weighted by Gasteiger charge is 2.38. The van der Waals surface area contributed by atoms with Gasteiger partial charge in [-0.3, -0.25) is 9.59 Å². The first-order valence-electron chi connectivity index (χ1n) is 10.7. The molecule has 9 nitrogen and oxygen atoms in total. The first kappa shape index (κ1) is 28.9. The van der Waals surface area contributed by atoms with Gasteiger partial charge in [0.05, 0.1) is 6.04 Å². The number of carbonyl (C=O) groups is 4. The third kappa shape index (κ3) is 9.38. The fraction of sp³-hybridized carbons (Fsp3) is 0.545. The molecule has 0 saturated carbocycles. The highest BCUT2D eigenvalue weighted by atomic mass is 19.4. The van der Waals surface area contributed by atoms with Crippen LogP contribution in [0.2, 0.25) is 0 Å². The maximum atomic E-state index is 12.5. The van der Waals surface area contributed by atoms with Crippen molar-refractivity contribution < 1.29 is 42.6 Å². The SMILES string of the molecule is CC(C)[C@H](N)C(=O)N1CCC(C(=O)N[C@@H](Cc2ccccc2)C(=O)O)CC1.O=C(O)C(F)(F)F. The van der Waals surface area contributed by atoms with E-state index in [1.165, 1.54) is 0 Å². The summed E-state index contributed by atoms with van der Waals surface area (Å²) < 4.78 is 31.7. The van der Waals surface area contributed by atoms with Crippen LogP contribution < -0.4 is 11.1 Å². The monoisotopic (exact) mass is 489 g/mol. The van der Waals surface area contributed by atoms with Gasteiger partial charge in [-0.2, -0.15) is 13.2 Å². The molecule has 12 heteroatoms. The number of nitrogens with one attached hydrogen (secondary N) is 1. The van der Waals surface area contributed by atoms with Crippen LogP contribution in [0.1, 0.15) is 32.3 Å². The van der Waals surface area contributed by atoms with Crippen LogP contribution >= 0.6 is 0 Å². The van der Waals surface area contributed by atoms with E-state index in [0.29, 0.717) is 25.9 Å². The van der Waals surface area contributed by atoms with Gasteiger partial charge in [-0.05, 0) is 24.3 Å². The van der Waals surface area contributed by atoms with Crippen LogP contribution in [0.3, 0.4) is 0 Å². The van der Waals surface area contributed by atoms with Crippen molar-refractivity contribution in [2.24, 2.45) is 17.6 Å². The highest BCUT2D eigenvalue weighted by Crippen LogP contribution is 2.19. The van der Waals surface area contributed by atoms with Crippen LogP contribution in [-0.2, 0) is 25.6 Å². The number of piperidine rings is 1. The number of aliphatic carboxylic acids is 2. The summed E-state index contributed by atoms with van der Waals surface area (Å²) in [5.74, 6) is -4.39. The number of halogens is 3. The third-order valence-corrected chi connectivity index (χ3v) is 5.32. The van der Waals surface area contributed by atoms with E-state index in [4.69, 9.17) is 15.6 Å². The van der Waals surface area contributed by atoms with Gasteiger partial charge in [0, 0.05) is 25.4 Å². The lowest BCUT2D eigenvalue weighted by atomic mass is 9.94. The Morgan fingerprint density at radius 2 is 1.59 bits per heavy atom. The lowest BCUT2D eigenvalue weighted by Crippen LogP contribution is -2.51. The van der Waals surface area contributed by atoms with Crippen LogP contribution in [0.25, 0.3) is 0 Å². The molecule has 1 aliphatic rings. The maximum Gasteiger partial charge on any atom is 0.490 e. The van der Waals surface area contributed by atoms with Crippen molar-refractivity contribution in [3.05, 3.63) is 35.9 Å². The molecule has 2 amide bonds. The summed E-state index contributed by atoms with van der Waals surface area (Å²) in [6.07, 6.45) is -3.82. The van der Waals surface area contributed by atoms with Crippen molar-refractivity contribution >= 4 is 23.8 Å². The van der Waals surface area contributed by atoms with Gasteiger partial charge in [-0.1, -0.05) is 44.2 Å². The van der Waals surface area contributed by atoms with E-state index in [2.05, 4.69) is 5.32 Å². The Bertz CT molecular complexity index is 840. The summed E-state index contributed by atoms with van der Waals surface area (Å²) in [5, 5.41) is 19.2. The molecule has 0 aliphatic carbocycles. The largest absolute Gasteiger partial charge is 0.490 e.